The maximum atomic E-state index is 14.2. The van der Waals surface area contributed by atoms with E-state index in [1.807, 2.05) is 43.3 Å². The fourth-order valence-corrected chi connectivity index (χ4v) is 6.38. The molecule has 0 aliphatic heterocycles. The molecule has 0 bridgehead atoms. The minimum absolute atomic E-state index is 0.0281. The van der Waals surface area contributed by atoms with Crippen molar-refractivity contribution < 1.29 is 4.79 Å². The first-order valence-electron chi connectivity index (χ1n) is 12.3. The number of carbonyl (C=O) groups excluding carboxylic acids is 1. The fraction of sp³-hybridized carbons (Fsp3) is 0.345. The van der Waals surface area contributed by atoms with E-state index in [4.69, 9.17) is 4.98 Å². The largest absolute Gasteiger partial charge is 0.325 e. The molecule has 0 saturated heterocycles. The highest BCUT2D eigenvalue weighted by atomic mass is 32.2. The van der Waals surface area contributed by atoms with Crippen molar-refractivity contribution in [1.82, 2.24) is 9.55 Å². The van der Waals surface area contributed by atoms with Crippen LogP contribution in [0.4, 0.5) is 5.69 Å². The van der Waals surface area contributed by atoms with Crippen molar-refractivity contribution in [3.8, 4) is 11.3 Å². The molecule has 1 spiro atoms. The minimum Gasteiger partial charge on any atom is -0.325 e. The Balaban J connectivity index is 1.57. The van der Waals surface area contributed by atoms with Crippen LogP contribution in [0.2, 0.25) is 0 Å². The SMILES string of the molecule is C=C(C)Cn1c(SCC(=O)Nc2ccccc2)nc2c(c1=O)C1(CCCCC1)Cc1ccccc1-2. The van der Waals surface area contributed by atoms with Crippen molar-refractivity contribution in [3.05, 3.63) is 88.2 Å². The molecule has 1 aromatic heterocycles. The van der Waals surface area contributed by atoms with Gasteiger partial charge in [0.1, 0.15) is 0 Å². The molecule has 180 valence electrons. The predicted octanol–water partition coefficient (Wildman–Crippen LogP) is 5.98. The van der Waals surface area contributed by atoms with Crippen molar-refractivity contribution in [2.45, 2.75) is 62.6 Å². The van der Waals surface area contributed by atoms with Gasteiger partial charge in [0.05, 0.1) is 17.0 Å². The first-order valence-corrected chi connectivity index (χ1v) is 13.3. The molecule has 1 saturated carbocycles. The topological polar surface area (TPSA) is 64.0 Å². The number of rotatable bonds is 6. The number of nitrogens with zero attached hydrogens (tertiary/aromatic N) is 2. The summed E-state index contributed by atoms with van der Waals surface area (Å²) in [5.74, 6) is 0.0440. The van der Waals surface area contributed by atoms with Crippen molar-refractivity contribution in [1.29, 1.82) is 0 Å². The van der Waals surface area contributed by atoms with Crippen LogP contribution in [0.25, 0.3) is 11.3 Å². The van der Waals surface area contributed by atoms with Crippen LogP contribution in [0, 0.1) is 0 Å². The number of hydrogen-bond donors (Lipinski definition) is 1. The molecule has 0 unspecified atom stereocenters. The van der Waals surface area contributed by atoms with E-state index in [0.717, 1.165) is 60.2 Å². The van der Waals surface area contributed by atoms with Crippen LogP contribution < -0.4 is 10.9 Å². The van der Waals surface area contributed by atoms with E-state index >= 15 is 0 Å². The number of amides is 1. The Labute approximate surface area is 210 Å². The van der Waals surface area contributed by atoms with Crippen molar-refractivity contribution >= 4 is 23.4 Å². The first-order chi connectivity index (χ1) is 17.0. The third-order valence-corrected chi connectivity index (χ3v) is 8.07. The zero-order valence-corrected chi connectivity index (χ0v) is 21.0. The standard InChI is InChI=1S/C29H31N3O2S/c1-20(2)18-32-27(34)25-26(31-28(32)35-19-24(33)30-22-12-5-3-6-13-22)23-14-8-7-11-21(23)17-29(25)15-9-4-10-16-29/h3,5-8,11-14H,1,4,9-10,15-19H2,2H3,(H,30,33). The van der Waals surface area contributed by atoms with E-state index in [9.17, 15) is 9.59 Å². The summed E-state index contributed by atoms with van der Waals surface area (Å²) in [6.45, 7) is 6.39. The van der Waals surface area contributed by atoms with Gasteiger partial charge in [0, 0.05) is 23.2 Å². The lowest BCUT2D eigenvalue weighted by atomic mass is 9.62. The highest BCUT2D eigenvalue weighted by Gasteiger charge is 2.43. The summed E-state index contributed by atoms with van der Waals surface area (Å²) in [4.78, 5) is 31.9. The zero-order chi connectivity index (χ0) is 24.4. The van der Waals surface area contributed by atoms with Crippen LogP contribution in [0.15, 0.2) is 76.7 Å². The predicted molar refractivity (Wildman–Crippen MR) is 143 cm³/mol. The molecule has 1 fully saturated rings. The lowest BCUT2D eigenvalue weighted by molar-refractivity contribution is -0.113. The number of anilines is 1. The Hall–Kier alpha value is -3.12. The van der Waals surface area contributed by atoms with Gasteiger partial charge in [0.2, 0.25) is 5.91 Å². The molecule has 0 atom stereocenters. The third-order valence-electron chi connectivity index (χ3n) is 7.09. The quantitative estimate of drug-likeness (QED) is 0.265. The Kier molecular flexibility index (Phi) is 6.65. The molecule has 5 nitrogen and oxygen atoms in total. The van der Waals surface area contributed by atoms with Gasteiger partial charge in [-0.2, -0.15) is 0 Å². The third kappa shape index (κ3) is 4.72. The second kappa shape index (κ2) is 9.86. The molecule has 5 rings (SSSR count). The van der Waals surface area contributed by atoms with Crippen LogP contribution in [0.5, 0.6) is 0 Å². The smallest absolute Gasteiger partial charge is 0.258 e. The van der Waals surface area contributed by atoms with Crippen LogP contribution in [0.1, 0.15) is 50.2 Å². The number of para-hydroxylation sites is 1. The summed E-state index contributed by atoms with van der Waals surface area (Å²) < 4.78 is 1.74. The Morgan fingerprint density at radius 1 is 1.09 bits per heavy atom. The molecule has 1 N–H and O–H groups in total. The summed E-state index contributed by atoms with van der Waals surface area (Å²) in [6, 6.07) is 17.7. The monoisotopic (exact) mass is 485 g/mol. The molecule has 3 aromatic rings. The van der Waals surface area contributed by atoms with Gasteiger partial charge >= 0.3 is 0 Å². The highest BCUT2D eigenvalue weighted by Crippen LogP contribution is 2.48. The molecule has 1 amide bonds. The molecular weight excluding hydrogens is 454 g/mol. The van der Waals surface area contributed by atoms with E-state index in [-0.39, 0.29) is 22.6 Å². The van der Waals surface area contributed by atoms with Crippen LogP contribution in [-0.2, 0) is 23.2 Å². The maximum absolute atomic E-state index is 14.2. The zero-order valence-electron chi connectivity index (χ0n) is 20.2. The van der Waals surface area contributed by atoms with Gasteiger partial charge in [-0.15, -0.1) is 0 Å². The minimum atomic E-state index is -0.156. The average Bonchev–Trinajstić information content (AvgIpc) is 2.85. The summed E-state index contributed by atoms with van der Waals surface area (Å²) >= 11 is 1.31. The van der Waals surface area contributed by atoms with E-state index in [2.05, 4.69) is 30.1 Å². The number of benzene rings is 2. The number of nitrogens with one attached hydrogen (secondary N) is 1. The van der Waals surface area contributed by atoms with Crippen molar-refractivity contribution in [2.24, 2.45) is 0 Å². The van der Waals surface area contributed by atoms with Crippen molar-refractivity contribution in [3.63, 3.8) is 0 Å². The molecule has 6 heteroatoms. The Morgan fingerprint density at radius 2 is 1.80 bits per heavy atom. The number of fused-ring (bicyclic) bond motifs is 4. The lowest BCUT2D eigenvalue weighted by Crippen LogP contribution is -2.43. The van der Waals surface area contributed by atoms with Crippen LogP contribution in [0.3, 0.4) is 0 Å². The average molecular weight is 486 g/mol. The fourth-order valence-electron chi connectivity index (χ4n) is 5.59. The van der Waals surface area contributed by atoms with E-state index in [1.165, 1.54) is 23.7 Å². The molecule has 0 radical (unpaired) electrons. The number of carbonyl (C=O) groups is 1. The Morgan fingerprint density at radius 3 is 2.54 bits per heavy atom. The second-order valence-electron chi connectivity index (χ2n) is 9.84. The van der Waals surface area contributed by atoms with Gasteiger partial charge < -0.3 is 5.32 Å². The molecular formula is C29H31N3O2S. The first kappa shape index (κ1) is 23.6. The molecule has 2 aromatic carbocycles. The molecule has 2 aliphatic carbocycles. The number of aromatic nitrogens is 2. The summed E-state index contributed by atoms with van der Waals surface area (Å²) in [6.07, 6.45) is 6.42. The van der Waals surface area contributed by atoms with E-state index < -0.39 is 0 Å². The van der Waals surface area contributed by atoms with E-state index in [1.54, 1.807) is 4.57 Å². The Bertz CT molecular complexity index is 1320. The second-order valence-corrected chi connectivity index (χ2v) is 10.8. The maximum Gasteiger partial charge on any atom is 0.258 e. The summed E-state index contributed by atoms with van der Waals surface area (Å²) in [7, 11) is 0. The van der Waals surface area contributed by atoms with Gasteiger partial charge in [0.15, 0.2) is 5.16 Å². The summed E-state index contributed by atoms with van der Waals surface area (Å²) in [5.41, 5.74) is 5.51. The van der Waals surface area contributed by atoms with Gasteiger partial charge in [-0.25, -0.2) is 4.98 Å². The number of allylic oxidation sites excluding steroid dienone is 1. The number of hydrogen-bond acceptors (Lipinski definition) is 4. The number of thioether (sulfide) groups is 1. The van der Waals surface area contributed by atoms with Crippen LogP contribution >= 0.6 is 11.8 Å². The normalized spacial score (nSPS) is 15.8. The summed E-state index contributed by atoms with van der Waals surface area (Å²) in [5, 5.41) is 3.49. The molecule has 1 heterocycles. The van der Waals surface area contributed by atoms with Gasteiger partial charge in [-0.1, -0.05) is 85.6 Å². The van der Waals surface area contributed by atoms with Gasteiger partial charge in [0.25, 0.3) is 5.56 Å². The lowest BCUT2D eigenvalue weighted by Gasteiger charge is -2.42. The molecule has 35 heavy (non-hydrogen) atoms. The van der Waals surface area contributed by atoms with Crippen molar-refractivity contribution in [2.75, 3.05) is 11.1 Å². The highest BCUT2D eigenvalue weighted by molar-refractivity contribution is 7.99. The van der Waals surface area contributed by atoms with Gasteiger partial charge in [-0.05, 0) is 43.9 Å². The molecule has 2 aliphatic rings. The van der Waals surface area contributed by atoms with Crippen LogP contribution in [-0.4, -0.2) is 21.2 Å². The van der Waals surface area contributed by atoms with E-state index in [0.29, 0.717) is 11.7 Å². The van der Waals surface area contributed by atoms with Gasteiger partial charge in [-0.3, -0.25) is 14.2 Å².